The van der Waals surface area contributed by atoms with E-state index in [4.69, 9.17) is 0 Å². The molecule has 2 aromatic heterocycles. The fraction of sp³-hybridized carbons (Fsp3) is 0.296. The number of hydrogen-bond donors (Lipinski definition) is 0. The molecule has 1 unspecified atom stereocenters. The second-order valence-electron chi connectivity index (χ2n) is 9.53. The van der Waals surface area contributed by atoms with Crippen molar-refractivity contribution in [3.8, 4) is 11.3 Å². The highest BCUT2D eigenvalue weighted by Crippen LogP contribution is 2.35. The summed E-state index contributed by atoms with van der Waals surface area (Å²) in [6.45, 7) is 1.42. The fourth-order valence-corrected chi connectivity index (χ4v) is 4.96. The summed E-state index contributed by atoms with van der Waals surface area (Å²) in [5.41, 5.74) is -2.83. The Labute approximate surface area is 219 Å². The highest BCUT2D eigenvalue weighted by molar-refractivity contribution is 5.68. The van der Waals surface area contributed by atoms with Crippen molar-refractivity contribution in [2.45, 2.75) is 51.0 Å². The van der Waals surface area contributed by atoms with Crippen LogP contribution in [0.5, 0.6) is 0 Å². The summed E-state index contributed by atoms with van der Waals surface area (Å²) in [5, 5.41) is 16.4. The van der Waals surface area contributed by atoms with Gasteiger partial charge in [-0.3, -0.25) is 28.7 Å². The Morgan fingerprint density at radius 1 is 1.08 bits per heavy atom. The number of alkyl halides is 3. The fourth-order valence-electron chi connectivity index (χ4n) is 4.96. The van der Waals surface area contributed by atoms with E-state index in [0.717, 1.165) is 17.1 Å². The topological polar surface area (TPSA) is 105 Å². The highest BCUT2D eigenvalue weighted by Gasteiger charge is 2.36. The number of nitro groups is 1. The van der Waals surface area contributed by atoms with Gasteiger partial charge in [0.2, 0.25) is 0 Å². The number of hydrogen-bond acceptors (Lipinski definition) is 5. The molecule has 39 heavy (non-hydrogen) atoms. The monoisotopic (exact) mass is 539 g/mol. The Kier molecular flexibility index (Phi) is 6.71. The molecule has 1 aliphatic carbocycles. The quantitative estimate of drug-likeness (QED) is 0.238. The van der Waals surface area contributed by atoms with E-state index in [-0.39, 0.29) is 23.4 Å². The molecule has 0 radical (unpaired) electrons. The van der Waals surface area contributed by atoms with Gasteiger partial charge in [-0.15, -0.1) is 0 Å². The van der Waals surface area contributed by atoms with E-state index in [1.807, 2.05) is 0 Å². The Balaban J connectivity index is 1.70. The summed E-state index contributed by atoms with van der Waals surface area (Å²) in [6.07, 6.45) is -0.130. The highest BCUT2D eigenvalue weighted by atomic mass is 19.4. The van der Waals surface area contributed by atoms with Crippen molar-refractivity contribution in [2.24, 2.45) is 0 Å². The number of halogens is 3. The zero-order valence-electron chi connectivity index (χ0n) is 20.8. The van der Waals surface area contributed by atoms with E-state index in [2.05, 4.69) is 5.10 Å². The zero-order valence-corrected chi connectivity index (χ0v) is 20.8. The van der Waals surface area contributed by atoms with E-state index in [0.29, 0.717) is 18.4 Å². The van der Waals surface area contributed by atoms with Gasteiger partial charge in [0.1, 0.15) is 5.69 Å². The van der Waals surface area contributed by atoms with Crippen LogP contribution < -0.4 is 11.2 Å². The molecule has 1 atom stereocenters. The largest absolute Gasteiger partial charge is 0.416 e. The third-order valence-electron chi connectivity index (χ3n) is 7.15. The van der Waals surface area contributed by atoms with Gasteiger partial charge in [0.25, 0.3) is 0 Å². The zero-order chi connectivity index (χ0) is 27.9. The average molecular weight is 540 g/mol. The minimum absolute atomic E-state index is 0.0513. The number of nitrogens with zero attached hydrogens (tertiary/aromatic N) is 5. The van der Waals surface area contributed by atoms with Gasteiger partial charge in [0.15, 0.2) is 0 Å². The molecule has 0 bridgehead atoms. The Hall–Kier alpha value is -4.48. The van der Waals surface area contributed by atoms with Crippen molar-refractivity contribution < 1.29 is 18.1 Å². The predicted molar refractivity (Wildman–Crippen MR) is 137 cm³/mol. The molecule has 0 amide bonds. The molecule has 9 nitrogen and oxygen atoms in total. The molecule has 0 spiro atoms. The Bertz CT molecular complexity index is 1650. The van der Waals surface area contributed by atoms with Crippen molar-refractivity contribution in [3.63, 3.8) is 0 Å². The molecule has 0 N–H and O–H groups in total. The van der Waals surface area contributed by atoms with Crippen molar-refractivity contribution in [3.05, 3.63) is 115 Å². The van der Waals surface area contributed by atoms with Crippen LogP contribution in [0.4, 0.5) is 18.9 Å². The minimum atomic E-state index is -4.58. The Morgan fingerprint density at radius 2 is 1.74 bits per heavy atom. The minimum Gasteiger partial charge on any atom is -0.279 e. The molecule has 5 rings (SSSR count). The van der Waals surface area contributed by atoms with Gasteiger partial charge < -0.3 is 0 Å². The number of benzene rings is 2. The first-order chi connectivity index (χ1) is 18.6. The molecule has 1 fully saturated rings. The van der Waals surface area contributed by atoms with Crippen molar-refractivity contribution >= 4 is 5.69 Å². The maximum Gasteiger partial charge on any atom is 0.416 e. The van der Waals surface area contributed by atoms with Crippen LogP contribution >= 0.6 is 0 Å². The standard InChI is InChI=1S/C27H24F3N5O4/c1-17(18-8-3-2-4-9-18)33-23(24(35(38)39)25(36)34(26(33)37)21-11-7-12-21)20-14-31-32(16-20)15-19-10-5-6-13-22(19)27(28,29)30/h2-6,8-10,13-14,16-17,21H,7,11-12,15H2,1H3. The smallest absolute Gasteiger partial charge is 0.279 e. The molecule has 202 valence electrons. The summed E-state index contributed by atoms with van der Waals surface area (Å²) in [6, 6.07) is 12.8. The molecule has 0 saturated heterocycles. The first-order valence-corrected chi connectivity index (χ1v) is 12.4. The third-order valence-corrected chi connectivity index (χ3v) is 7.15. The maximum absolute atomic E-state index is 13.8. The molecule has 0 aliphatic heterocycles. The first-order valence-electron chi connectivity index (χ1n) is 12.4. The summed E-state index contributed by atoms with van der Waals surface area (Å²) in [5.74, 6) is 0. The van der Waals surface area contributed by atoms with E-state index in [9.17, 15) is 32.9 Å². The van der Waals surface area contributed by atoms with E-state index < -0.39 is 45.7 Å². The Morgan fingerprint density at radius 3 is 2.36 bits per heavy atom. The van der Waals surface area contributed by atoms with Gasteiger partial charge in [-0.05, 0) is 43.4 Å². The van der Waals surface area contributed by atoms with E-state index in [1.165, 1.54) is 39.8 Å². The van der Waals surface area contributed by atoms with Crippen LogP contribution in [0.15, 0.2) is 76.6 Å². The van der Waals surface area contributed by atoms with Crippen LogP contribution in [0.2, 0.25) is 0 Å². The van der Waals surface area contributed by atoms with Crippen LogP contribution in [-0.2, 0) is 12.7 Å². The average Bonchev–Trinajstić information content (AvgIpc) is 3.32. The van der Waals surface area contributed by atoms with Crippen molar-refractivity contribution in [1.29, 1.82) is 0 Å². The van der Waals surface area contributed by atoms with Gasteiger partial charge in [0.05, 0.1) is 29.3 Å². The maximum atomic E-state index is 13.8. The summed E-state index contributed by atoms with van der Waals surface area (Å²) < 4.78 is 43.9. The first kappa shape index (κ1) is 26.1. The van der Waals surface area contributed by atoms with Gasteiger partial charge in [-0.25, -0.2) is 4.79 Å². The molecular weight excluding hydrogens is 515 g/mol. The number of rotatable bonds is 7. The van der Waals surface area contributed by atoms with Crippen LogP contribution in [0.1, 0.15) is 55.0 Å². The molecule has 12 heteroatoms. The van der Waals surface area contributed by atoms with E-state index >= 15 is 0 Å². The second kappa shape index (κ2) is 10.0. The lowest BCUT2D eigenvalue weighted by Crippen LogP contribution is -2.46. The lowest BCUT2D eigenvalue weighted by atomic mass is 9.93. The molecule has 2 heterocycles. The third kappa shape index (κ3) is 4.77. The number of aromatic nitrogens is 4. The summed E-state index contributed by atoms with van der Waals surface area (Å²) in [4.78, 5) is 38.7. The predicted octanol–water partition coefficient (Wildman–Crippen LogP) is 5.18. The van der Waals surface area contributed by atoms with Crippen molar-refractivity contribution in [1.82, 2.24) is 18.9 Å². The van der Waals surface area contributed by atoms with Gasteiger partial charge >= 0.3 is 23.1 Å². The molecular formula is C27H24F3N5O4. The van der Waals surface area contributed by atoms with Crippen LogP contribution in [0, 0.1) is 10.1 Å². The SMILES string of the molecule is CC(c1ccccc1)n1c(-c2cnn(Cc3ccccc3C(F)(F)F)c2)c([N+](=O)[O-])c(=O)n(C2CCC2)c1=O. The molecule has 4 aromatic rings. The van der Waals surface area contributed by atoms with E-state index in [1.54, 1.807) is 37.3 Å². The molecule has 1 saturated carbocycles. The lowest BCUT2D eigenvalue weighted by molar-refractivity contribution is -0.386. The molecule has 1 aliphatic rings. The van der Waals surface area contributed by atoms with Crippen LogP contribution in [-0.4, -0.2) is 23.8 Å². The summed E-state index contributed by atoms with van der Waals surface area (Å²) in [7, 11) is 0. The van der Waals surface area contributed by atoms with Gasteiger partial charge in [-0.1, -0.05) is 48.5 Å². The second-order valence-corrected chi connectivity index (χ2v) is 9.53. The van der Waals surface area contributed by atoms with Gasteiger partial charge in [-0.2, -0.15) is 18.3 Å². The van der Waals surface area contributed by atoms with Gasteiger partial charge in [0, 0.05) is 17.8 Å². The normalized spacial score (nSPS) is 14.7. The molecule has 2 aromatic carbocycles. The summed E-state index contributed by atoms with van der Waals surface area (Å²) >= 11 is 0. The van der Waals surface area contributed by atoms with Crippen LogP contribution in [0.3, 0.4) is 0 Å². The van der Waals surface area contributed by atoms with Crippen molar-refractivity contribution in [2.75, 3.05) is 0 Å². The lowest BCUT2D eigenvalue weighted by Gasteiger charge is -2.29. The van der Waals surface area contributed by atoms with Crippen LogP contribution in [0.25, 0.3) is 11.3 Å².